The maximum atomic E-state index is 11.4. The molecule has 6 heteroatoms. The molecule has 0 bridgehead atoms. The molecule has 3 N–H and O–H groups in total. The Morgan fingerprint density at radius 1 is 1.67 bits per heavy atom. The lowest BCUT2D eigenvalue weighted by Crippen LogP contribution is -2.43. The number of hydrogen-bond donors (Lipinski definition) is 3. The molecule has 0 aliphatic carbocycles. The van der Waals surface area contributed by atoms with Crippen molar-refractivity contribution in [2.45, 2.75) is 25.8 Å². The van der Waals surface area contributed by atoms with Gasteiger partial charge >= 0.3 is 5.97 Å². The van der Waals surface area contributed by atoms with Crippen LogP contribution in [0, 0.1) is 5.92 Å². The van der Waals surface area contributed by atoms with Crippen LogP contribution in [-0.4, -0.2) is 35.5 Å². The average Bonchev–Trinajstić information content (AvgIpc) is 2.60. The van der Waals surface area contributed by atoms with Crippen LogP contribution in [0.15, 0.2) is 0 Å². The molecule has 1 aliphatic rings. The van der Waals surface area contributed by atoms with Gasteiger partial charge in [-0.2, -0.15) is 0 Å². The fourth-order valence-electron chi connectivity index (χ4n) is 1.27. The van der Waals surface area contributed by atoms with Crippen molar-refractivity contribution >= 4 is 17.8 Å². The fraction of sp³-hybridized carbons (Fsp3) is 0.667. The molecule has 0 aromatic carbocycles. The van der Waals surface area contributed by atoms with Crippen LogP contribution in [0.2, 0.25) is 0 Å². The van der Waals surface area contributed by atoms with Gasteiger partial charge in [0.25, 0.3) is 0 Å². The highest BCUT2D eigenvalue weighted by Crippen LogP contribution is 2.06. The number of carboxylic acids is 1. The first-order chi connectivity index (χ1) is 7.00. The topological polar surface area (TPSA) is 95.5 Å². The molecule has 0 spiro atoms. The number of carboxylic acid groups (broad SMARTS) is 1. The zero-order valence-electron chi connectivity index (χ0n) is 8.45. The third-order valence-corrected chi connectivity index (χ3v) is 2.32. The summed E-state index contributed by atoms with van der Waals surface area (Å²) in [7, 11) is 0. The number of rotatable bonds is 4. The van der Waals surface area contributed by atoms with Crippen LogP contribution in [0.5, 0.6) is 0 Å². The van der Waals surface area contributed by atoms with Crippen LogP contribution >= 0.6 is 0 Å². The summed E-state index contributed by atoms with van der Waals surface area (Å²) in [6, 6.07) is -0.501. The van der Waals surface area contributed by atoms with E-state index in [0.29, 0.717) is 12.8 Å². The molecule has 0 radical (unpaired) electrons. The lowest BCUT2D eigenvalue weighted by Gasteiger charge is -2.12. The van der Waals surface area contributed by atoms with Crippen LogP contribution in [0.1, 0.15) is 19.8 Å². The molecule has 6 nitrogen and oxygen atoms in total. The SMILES string of the molecule is CC(CNC(=O)[C@H]1CCC(=O)N1)C(=O)O. The van der Waals surface area contributed by atoms with Crippen molar-refractivity contribution in [3.63, 3.8) is 0 Å². The predicted octanol–water partition coefficient (Wildman–Crippen LogP) is -0.898. The molecular weight excluding hydrogens is 200 g/mol. The first kappa shape index (κ1) is 11.5. The van der Waals surface area contributed by atoms with E-state index in [1.165, 1.54) is 6.92 Å². The molecular formula is C9H14N2O4. The van der Waals surface area contributed by atoms with E-state index in [9.17, 15) is 14.4 Å². The predicted molar refractivity (Wildman–Crippen MR) is 51.0 cm³/mol. The van der Waals surface area contributed by atoms with Gasteiger partial charge in [-0.3, -0.25) is 14.4 Å². The van der Waals surface area contributed by atoms with Gasteiger partial charge in [0.15, 0.2) is 0 Å². The summed E-state index contributed by atoms with van der Waals surface area (Å²) >= 11 is 0. The lowest BCUT2D eigenvalue weighted by molar-refractivity contribution is -0.141. The minimum Gasteiger partial charge on any atom is -0.481 e. The normalized spacial score (nSPS) is 21.9. The Bertz CT molecular complexity index is 290. The van der Waals surface area contributed by atoms with Crippen molar-refractivity contribution in [2.75, 3.05) is 6.54 Å². The van der Waals surface area contributed by atoms with Gasteiger partial charge in [0.2, 0.25) is 11.8 Å². The van der Waals surface area contributed by atoms with Crippen LogP contribution in [0.3, 0.4) is 0 Å². The Labute approximate surface area is 87.0 Å². The molecule has 1 rings (SSSR count). The number of nitrogens with one attached hydrogen (secondary N) is 2. The summed E-state index contributed by atoms with van der Waals surface area (Å²) in [5.41, 5.74) is 0. The maximum Gasteiger partial charge on any atom is 0.308 e. The summed E-state index contributed by atoms with van der Waals surface area (Å²) in [5, 5.41) is 13.6. The van der Waals surface area contributed by atoms with Gasteiger partial charge < -0.3 is 15.7 Å². The van der Waals surface area contributed by atoms with Gasteiger partial charge in [0.05, 0.1) is 5.92 Å². The highest BCUT2D eigenvalue weighted by Gasteiger charge is 2.27. The Morgan fingerprint density at radius 3 is 2.80 bits per heavy atom. The molecule has 84 valence electrons. The van der Waals surface area contributed by atoms with E-state index in [0.717, 1.165) is 0 Å². The number of hydrogen-bond acceptors (Lipinski definition) is 3. The first-order valence-corrected chi connectivity index (χ1v) is 4.80. The van der Waals surface area contributed by atoms with Gasteiger partial charge in [-0.05, 0) is 6.42 Å². The minimum atomic E-state index is -0.953. The van der Waals surface area contributed by atoms with E-state index < -0.39 is 17.9 Å². The molecule has 1 fully saturated rings. The van der Waals surface area contributed by atoms with Crippen molar-refractivity contribution in [3.8, 4) is 0 Å². The first-order valence-electron chi connectivity index (χ1n) is 4.80. The standard InChI is InChI=1S/C9H14N2O4/c1-5(9(14)15)4-10-8(13)6-2-3-7(12)11-6/h5-6H,2-4H2,1H3,(H,10,13)(H,11,12)(H,14,15)/t5?,6-/m1/s1. The van der Waals surface area contributed by atoms with Gasteiger partial charge in [0, 0.05) is 13.0 Å². The number of aliphatic carboxylic acids is 1. The van der Waals surface area contributed by atoms with E-state index in [4.69, 9.17) is 5.11 Å². The molecule has 2 amide bonds. The number of carbonyl (C=O) groups excluding carboxylic acids is 2. The van der Waals surface area contributed by atoms with Crippen molar-refractivity contribution in [1.29, 1.82) is 0 Å². The molecule has 2 atom stereocenters. The third kappa shape index (κ3) is 3.23. The average molecular weight is 214 g/mol. The van der Waals surface area contributed by atoms with Crippen molar-refractivity contribution < 1.29 is 19.5 Å². The van der Waals surface area contributed by atoms with Crippen LogP contribution in [0.4, 0.5) is 0 Å². The van der Waals surface area contributed by atoms with Gasteiger partial charge in [-0.25, -0.2) is 0 Å². The van der Waals surface area contributed by atoms with Crippen LogP contribution in [-0.2, 0) is 14.4 Å². The largest absolute Gasteiger partial charge is 0.481 e. The monoisotopic (exact) mass is 214 g/mol. The van der Waals surface area contributed by atoms with Crippen LogP contribution in [0.25, 0.3) is 0 Å². The maximum absolute atomic E-state index is 11.4. The van der Waals surface area contributed by atoms with E-state index in [-0.39, 0.29) is 18.4 Å². The minimum absolute atomic E-state index is 0.0839. The van der Waals surface area contributed by atoms with Gasteiger partial charge in [-0.1, -0.05) is 6.92 Å². The Kier molecular flexibility index (Phi) is 3.65. The number of carbonyl (C=O) groups is 3. The summed E-state index contributed by atoms with van der Waals surface area (Å²) < 4.78 is 0. The molecule has 15 heavy (non-hydrogen) atoms. The second-order valence-electron chi connectivity index (χ2n) is 3.64. The Hall–Kier alpha value is -1.59. The van der Waals surface area contributed by atoms with Crippen molar-refractivity contribution in [2.24, 2.45) is 5.92 Å². The lowest BCUT2D eigenvalue weighted by atomic mass is 10.1. The van der Waals surface area contributed by atoms with E-state index in [1.807, 2.05) is 0 Å². The van der Waals surface area contributed by atoms with E-state index in [1.54, 1.807) is 0 Å². The highest BCUT2D eigenvalue weighted by molar-refractivity contribution is 5.90. The van der Waals surface area contributed by atoms with Gasteiger partial charge in [0.1, 0.15) is 6.04 Å². The molecule has 0 aromatic rings. The quantitative estimate of drug-likeness (QED) is 0.565. The molecule has 0 aromatic heterocycles. The van der Waals surface area contributed by atoms with E-state index in [2.05, 4.69) is 10.6 Å². The molecule has 1 heterocycles. The summed E-state index contributed by atoms with van der Waals surface area (Å²) in [4.78, 5) is 32.7. The van der Waals surface area contributed by atoms with Crippen LogP contribution < -0.4 is 10.6 Å². The van der Waals surface area contributed by atoms with Gasteiger partial charge in [-0.15, -0.1) is 0 Å². The smallest absolute Gasteiger partial charge is 0.308 e. The number of amides is 2. The van der Waals surface area contributed by atoms with Crippen molar-refractivity contribution in [1.82, 2.24) is 10.6 Å². The zero-order chi connectivity index (χ0) is 11.4. The second kappa shape index (κ2) is 4.77. The third-order valence-electron chi connectivity index (χ3n) is 2.32. The summed E-state index contributed by atoms with van der Waals surface area (Å²) in [6.45, 7) is 1.59. The summed E-state index contributed by atoms with van der Waals surface area (Å²) in [5.74, 6) is -2.02. The Balaban J connectivity index is 2.30. The molecule has 1 aliphatic heterocycles. The highest BCUT2D eigenvalue weighted by atomic mass is 16.4. The molecule has 1 saturated heterocycles. The summed E-state index contributed by atoms with van der Waals surface area (Å²) in [6.07, 6.45) is 0.832. The molecule has 1 unspecified atom stereocenters. The van der Waals surface area contributed by atoms with Crippen molar-refractivity contribution in [3.05, 3.63) is 0 Å². The fourth-order valence-corrected chi connectivity index (χ4v) is 1.27. The Morgan fingerprint density at radius 2 is 2.33 bits per heavy atom. The van der Waals surface area contributed by atoms with E-state index >= 15 is 0 Å². The zero-order valence-corrected chi connectivity index (χ0v) is 8.45. The second-order valence-corrected chi connectivity index (χ2v) is 3.64. The molecule has 0 saturated carbocycles.